The zero-order chi connectivity index (χ0) is 24.4. The monoisotopic (exact) mass is 448 g/mol. The van der Waals surface area contributed by atoms with Crippen molar-refractivity contribution >= 4 is 17.7 Å². The van der Waals surface area contributed by atoms with Crippen LogP contribution in [0.25, 0.3) is 0 Å². The van der Waals surface area contributed by atoms with Crippen LogP contribution in [-0.4, -0.2) is 49.5 Å². The Morgan fingerprint density at radius 1 is 0.844 bits per heavy atom. The second-order valence-electron chi connectivity index (χ2n) is 9.08. The van der Waals surface area contributed by atoms with E-state index in [1.165, 1.54) is 0 Å². The van der Waals surface area contributed by atoms with E-state index < -0.39 is 24.0 Å². The Kier molecular flexibility index (Phi) is 11.2. The van der Waals surface area contributed by atoms with Crippen LogP contribution in [0.3, 0.4) is 0 Å². The first-order chi connectivity index (χ1) is 15.0. The molecule has 0 spiro atoms. The van der Waals surface area contributed by atoms with Crippen molar-refractivity contribution in [1.82, 2.24) is 16.0 Å². The minimum atomic E-state index is -0.782. The van der Waals surface area contributed by atoms with Crippen LogP contribution in [0.15, 0.2) is 24.3 Å². The summed E-state index contributed by atoms with van der Waals surface area (Å²) < 4.78 is 5.34. The third-order valence-corrected chi connectivity index (χ3v) is 5.40. The first-order valence-corrected chi connectivity index (χ1v) is 11.3. The summed E-state index contributed by atoms with van der Waals surface area (Å²) in [4.78, 5) is 38.1. The highest BCUT2D eigenvalue weighted by Crippen LogP contribution is 2.17. The summed E-state index contributed by atoms with van der Waals surface area (Å²) in [5.74, 6) is -0.629. The number of carbonyl (C=O) groups excluding carboxylic acids is 3. The molecule has 180 valence electrons. The van der Waals surface area contributed by atoms with Gasteiger partial charge in [0.25, 0.3) is 0 Å². The maximum Gasteiger partial charge on any atom is 0.243 e. The Morgan fingerprint density at radius 2 is 1.38 bits per heavy atom. The van der Waals surface area contributed by atoms with Crippen LogP contribution in [0.5, 0.6) is 5.75 Å². The van der Waals surface area contributed by atoms with Crippen molar-refractivity contribution < 1.29 is 19.1 Å². The molecule has 8 heteroatoms. The number of hydrogen-bond donors (Lipinski definition) is 4. The van der Waals surface area contributed by atoms with Gasteiger partial charge in [-0.1, -0.05) is 59.7 Å². The normalized spacial score (nSPS) is 14.1. The molecule has 3 amide bonds. The smallest absolute Gasteiger partial charge is 0.243 e. The second-order valence-corrected chi connectivity index (χ2v) is 9.08. The Labute approximate surface area is 192 Å². The lowest BCUT2D eigenvalue weighted by Crippen LogP contribution is -2.59. The van der Waals surface area contributed by atoms with Gasteiger partial charge in [0.05, 0.1) is 13.2 Å². The number of amides is 3. The van der Waals surface area contributed by atoms with Crippen molar-refractivity contribution in [1.29, 1.82) is 0 Å². The average molecular weight is 449 g/mol. The molecule has 1 rings (SSSR count). The van der Waals surface area contributed by atoms with Crippen molar-refractivity contribution in [3.05, 3.63) is 29.8 Å². The molecule has 0 aromatic heterocycles. The number of methoxy groups -OCH3 is 1. The van der Waals surface area contributed by atoms with Gasteiger partial charge in [-0.25, -0.2) is 0 Å². The van der Waals surface area contributed by atoms with Crippen molar-refractivity contribution in [3.63, 3.8) is 0 Å². The average Bonchev–Trinajstić information content (AvgIpc) is 2.74. The van der Waals surface area contributed by atoms with Crippen LogP contribution in [0.2, 0.25) is 0 Å². The van der Waals surface area contributed by atoms with E-state index in [1.54, 1.807) is 7.11 Å². The number of rotatable bonds is 12. The van der Waals surface area contributed by atoms with E-state index in [1.807, 2.05) is 65.8 Å². The van der Waals surface area contributed by atoms with Gasteiger partial charge < -0.3 is 26.4 Å². The molecule has 0 unspecified atom stereocenters. The SMILES string of the molecule is COc1ccccc1CCNC(=O)[C@@H](NC(=O)[C@@H](NC(=O)[C@@H](N)C(C)C)C(C)C)C(C)C. The Hall–Kier alpha value is -2.61. The van der Waals surface area contributed by atoms with Gasteiger partial charge in [-0.2, -0.15) is 0 Å². The van der Waals surface area contributed by atoms with E-state index in [9.17, 15) is 14.4 Å². The summed E-state index contributed by atoms with van der Waals surface area (Å²) >= 11 is 0. The van der Waals surface area contributed by atoms with Crippen LogP contribution >= 0.6 is 0 Å². The molecule has 3 atom stereocenters. The highest BCUT2D eigenvalue weighted by Gasteiger charge is 2.31. The third-order valence-electron chi connectivity index (χ3n) is 5.40. The molecule has 1 aromatic carbocycles. The first kappa shape index (κ1) is 27.4. The molecule has 0 aliphatic heterocycles. The van der Waals surface area contributed by atoms with Crippen LogP contribution in [0, 0.1) is 17.8 Å². The molecule has 5 N–H and O–H groups in total. The standard InChI is InChI=1S/C24H40N4O4/c1-14(2)19(25)22(29)27-21(16(5)6)24(31)28-20(15(3)4)23(30)26-13-12-17-10-8-9-11-18(17)32-7/h8-11,14-16,19-21H,12-13,25H2,1-7H3,(H,26,30)(H,27,29)(H,28,31)/t19-,20-,21-/m0/s1. The maximum absolute atomic E-state index is 12.9. The molecular formula is C24H40N4O4. The summed E-state index contributed by atoms with van der Waals surface area (Å²) in [6, 6.07) is 5.42. The number of nitrogens with two attached hydrogens (primary N) is 1. The number of hydrogen-bond acceptors (Lipinski definition) is 5. The van der Waals surface area contributed by atoms with Gasteiger partial charge >= 0.3 is 0 Å². The van der Waals surface area contributed by atoms with E-state index >= 15 is 0 Å². The van der Waals surface area contributed by atoms with E-state index in [2.05, 4.69) is 16.0 Å². The summed E-state index contributed by atoms with van der Waals surface area (Å²) in [6.07, 6.45) is 0.603. The Balaban J connectivity index is 2.77. The lowest BCUT2D eigenvalue weighted by molar-refractivity contribution is -0.134. The Bertz CT molecular complexity index is 764. The summed E-state index contributed by atoms with van der Waals surface area (Å²) in [6.45, 7) is 11.5. The molecule has 0 fully saturated rings. The van der Waals surface area contributed by atoms with E-state index in [0.717, 1.165) is 11.3 Å². The van der Waals surface area contributed by atoms with Crippen LogP contribution in [-0.2, 0) is 20.8 Å². The Morgan fingerprint density at radius 3 is 1.91 bits per heavy atom. The van der Waals surface area contributed by atoms with Crippen molar-refractivity contribution in [2.45, 2.75) is 66.1 Å². The predicted molar refractivity (Wildman–Crippen MR) is 126 cm³/mol. The highest BCUT2D eigenvalue weighted by molar-refractivity contribution is 5.93. The lowest BCUT2D eigenvalue weighted by Gasteiger charge is -2.28. The van der Waals surface area contributed by atoms with Gasteiger partial charge in [0.15, 0.2) is 0 Å². The molecule has 0 aliphatic carbocycles. The quantitative estimate of drug-likeness (QED) is 0.387. The summed E-state index contributed by atoms with van der Waals surface area (Å²) in [5.41, 5.74) is 6.90. The van der Waals surface area contributed by atoms with Gasteiger partial charge in [0, 0.05) is 6.54 Å². The topological polar surface area (TPSA) is 123 Å². The fourth-order valence-electron chi connectivity index (χ4n) is 3.21. The first-order valence-electron chi connectivity index (χ1n) is 11.3. The number of nitrogens with one attached hydrogen (secondary N) is 3. The van der Waals surface area contributed by atoms with Gasteiger partial charge in [-0.3, -0.25) is 14.4 Å². The number of benzene rings is 1. The molecule has 32 heavy (non-hydrogen) atoms. The molecular weight excluding hydrogens is 408 g/mol. The molecule has 0 aliphatic rings. The number of carbonyl (C=O) groups is 3. The predicted octanol–water partition coefficient (Wildman–Crippen LogP) is 1.62. The molecule has 0 bridgehead atoms. The van der Waals surface area contributed by atoms with Crippen LogP contribution in [0.4, 0.5) is 0 Å². The van der Waals surface area contributed by atoms with Gasteiger partial charge in [-0.15, -0.1) is 0 Å². The minimum absolute atomic E-state index is 0.0525. The molecule has 0 radical (unpaired) electrons. The second kappa shape index (κ2) is 13.1. The summed E-state index contributed by atoms with van der Waals surface area (Å²) in [7, 11) is 1.61. The fourth-order valence-corrected chi connectivity index (χ4v) is 3.21. The van der Waals surface area contributed by atoms with E-state index in [0.29, 0.717) is 13.0 Å². The van der Waals surface area contributed by atoms with Crippen LogP contribution < -0.4 is 26.4 Å². The molecule has 1 aromatic rings. The van der Waals surface area contributed by atoms with Crippen LogP contribution in [0.1, 0.15) is 47.1 Å². The third kappa shape index (κ3) is 8.15. The summed E-state index contributed by atoms with van der Waals surface area (Å²) in [5, 5.41) is 8.44. The van der Waals surface area contributed by atoms with E-state index in [-0.39, 0.29) is 29.6 Å². The molecule has 0 heterocycles. The zero-order valence-electron chi connectivity index (χ0n) is 20.4. The number of para-hydroxylation sites is 1. The number of ether oxygens (including phenoxy) is 1. The molecule has 0 saturated carbocycles. The zero-order valence-corrected chi connectivity index (χ0v) is 20.4. The van der Waals surface area contributed by atoms with Gasteiger partial charge in [0.2, 0.25) is 17.7 Å². The fraction of sp³-hybridized carbons (Fsp3) is 0.625. The lowest BCUT2D eigenvalue weighted by atomic mass is 9.98. The van der Waals surface area contributed by atoms with Gasteiger partial charge in [0.1, 0.15) is 17.8 Å². The minimum Gasteiger partial charge on any atom is -0.496 e. The maximum atomic E-state index is 12.9. The van der Waals surface area contributed by atoms with Crippen molar-refractivity contribution in [2.24, 2.45) is 23.5 Å². The van der Waals surface area contributed by atoms with Gasteiger partial charge in [-0.05, 0) is 35.8 Å². The molecule has 0 saturated heterocycles. The molecule has 8 nitrogen and oxygen atoms in total. The highest BCUT2D eigenvalue weighted by atomic mass is 16.5. The largest absolute Gasteiger partial charge is 0.496 e. The van der Waals surface area contributed by atoms with E-state index in [4.69, 9.17) is 10.5 Å². The van der Waals surface area contributed by atoms with Crippen molar-refractivity contribution in [2.75, 3.05) is 13.7 Å². The van der Waals surface area contributed by atoms with Crippen molar-refractivity contribution in [3.8, 4) is 5.75 Å².